The highest BCUT2D eigenvalue weighted by Crippen LogP contribution is 2.20. The Morgan fingerprint density at radius 3 is 2.68 bits per heavy atom. The molecule has 4 nitrogen and oxygen atoms in total. The van der Waals surface area contributed by atoms with E-state index in [0.717, 1.165) is 29.1 Å². The van der Waals surface area contributed by atoms with E-state index in [4.69, 9.17) is 5.73 Å². The zero-order chi connectivity index (χ0) is 13.8. The molecule has 0 aliphatic rings. The minimum absolute atomic E-state index is 0.515. The predicted molar refractivity (Wildman–Crippen MR) is 82.1 cm³/mol. The maximum Gasteiger partial charge on any atom is 0.134 e. The van der Waals surface area contributed by atoms with Crippen LogP contribution in [0.3, 0.4) is 0 Å². The second-order valence-electron chi connectivity index (χ2n) is 4.37. The summed E-state index contributed by atoms with van der Waals surface area (Å²) in [6.45, 7) is 2.79. The molecule has 0 saturated carbocycles. The maximum atomic E-state index is 5.81. The summed E-state index contributed by atoms with van der Waals surface area (Å²) in [7, 11) is 2.00. The van der Waals surface area contributed by atoms with E-state index in [9.17, 15) is 0 Å². The number of anilines is 2. The first-order valence-corrected chi connectivity index (χ1v) is 6.97. The molecule has 5 heteroatoms. The molecule has 1 aromatic carbocycles. The van der Waals surface area contributed by atoms with Gasteiger partial charge in [-0.2, -0.15) is 0 Å². The molecule has 100 valence electrons. The van der Waals surface area contributed by atoms with Crippen molar-refractivity contribution in [3.63, 3.8) is 0 Å². The van der Waals surface area contributed by atoms with Gasteiger partial charge < -0.3 is 10.6 Å². The molecule has 1 heterocycles. The average molecular weight is 321 g/mol. The molecule has 0 spiro atoms. The topological polar surface area (TPSA) is 55.0 Å². The number of aromatic nitrogens is 2. The molecule has 2 aromatic rings. The lowest BCUT2D eigenvalue weighted by Crippen LogP contribution is -2.19. The summed E-state index contributed by atoms with van der Waals surface area (Å²) in [6, 6.07) is 9.96. The fourth-order valence-corrected chi connectivity index (χ4v) is 2.23. The summed E-state index contributed by atoms with van der Waals surface area (Å²) in [6.07, 6.45) is 0.779. The molecule has 2 rings (SSSR count). The highest BCUT2D eigenvalue weighted by molar-refractivity contribution is 9.10. The first kappa shape index (κ1) is 13.8. The SMILES string of the molecule is CCc1nc(N)cc(N(C)Cc2ccccc2Br)n1. The molecule has 0 amide bonds. The van der Waals surface area contributed by atoms with Gasteiger partial charge in [-0.05, 0) is 11.6 Å². The molecule has 19 heavy (non-hydrogen) atoms. The Balaban J connectivity index is 2.22. The summed E-state index contributed by atoms with van der Waals surface area (Å²) in [5.74, 6) is 2.13. The van der Waals surface area contributed by atoms with Gasteiger partial charge >= 0.3 is 0 Å². The second kappa shape index (κ2) is 6.02. The van der Waals surface area contributed by atoms with Crippen LogP contribution in [-0.2, 0) is 13.0 Å². The van der Waals surface area contributed by atoms with E-state index < -0.39 is 0 Å². The smallest absolute Gasteiger partial charge is 0.134 e. The van der Waals surface area contributed by atoms with Crippen LogP contribution in [0.2, 0.25) is 0 Å². The fourth-order valence-electron chi connectivity index (χ4n) is 1.82. The van der Waals surface area contributed by atoms with Crippen molar-refractivity contribution in [3.05, 3.63) is 46.2 Å². The third-order valence-corrected chi connectivity index (χ3v) is 3.63. The third-order valence-electron chi connectivity index (χ3n) is 2.85. The fraction of sp³-hybridized carbons (Fsp3) is 0.286. The number of nitrogens with two attached hydrogens (primary N) is 1. The largest absolute Gasteiger partial charge is 0.384 e. The summed E-state index contributed by atoms with van der Waals surface area (Å²) in [4.78, 5) is 10.8. The number of rotatable bonds is 4. The Morgan fingerprint density at radius 1 is 1.26 bits per heavy atom. The molecular weight excluding hydrogens is 304 g/mol. The summed E-state index contributed by atoms with van der Waals surface area (Å²) < 4.78 is 1.10. The van der Waals surface area contributed by atoms with Gasteiger partial charge in [0.2, 0.25) is 0 Å². The Morgan fingerprint density at radius 2 is 2.00 bits per heavy atom. The average Bonchev–Trinajstić information content (AvgIpc) is 2.40. The second-order valence-corrected chi connectivity index (χ2v) is 5.22. The van der Waals surface area contributed by atoms with Crippen molar-refractivity contribution >= 4 is 27.6 Å². The lowest BCUT2D eigenvalue weighted by atomic mass is 10.2. The Labute approximate surface area is 121 Å². The lowest BCUT2D eigenvalue weighted by molar-refractivity contribution is 0.859. The quantitative estimate of drug-likeness (QED) is 0.940. The van der Waals surface area contributed by atoms with Crippen molar-refractivity contribution in [2.24, 2.45) is 0 Å². The highest BCUT2D eigenvalue weighted by atomic mass is 79.9. The monoisotopic (exact) mass is 320 g/mol. The van der Waals surface area contributed by atoms with E-state index in [0.29, 0.717) is 5.82 Å². The minimum atomic E-state index is 0.515. The van der Waals surface area contributed by atoms with Crippen molar-refractivity contribution in [1.82, 2.24) is 9.97 Å². The molecule has 0 aliphatic carbocycles. The van der Waals surface area contributed by atoms with Gasteiger partial charge in [0, 0.05) is 30.6 Å². The molecule has 0 aliphatic heterocycles. The van der Waals surface area contributed by atoms with Crippen LogP contribution >= 0.6 is 15.9 Å². The molecule has 0 fully saturated rings. The van der Waals surface area contributed by atoms with Crippen LogP contribution in [0.15, 0.2) is 34.8 Å². The highest BCUT2D eigenvalue weighted by Gasteiger charge is 2.08. The van der Waals surface area contributed by atoms with Crippen molar-refractivity contribution < 1.29 is 0 Å². The van der Waals surface area contributed by atoms with Gasteiger partial charge in [-0.3, -0.25) is 0 Å². The molecule has 0 unspecified atom stereocenters. The normalized spacial score (nSPS) is 10.5. The van der Waals surface area contributed by atoms with Crippen LogP contribution in [0.5, 0.6) is 0 Å². The first-order chi connectivity index (χ1) is 9.10. The van der Waals surface area contributed by atoms with Gasteiger partial charge in [-0.1, -0.05) is 41.1 Å². The molecule has 1 aromatic heterocycles. The number of halogens is 1. The number of benzene rings is 1. The van der Waals surface area contributed by atoms with E-state index in [1.54, 1.807) is 6.07 Å². The van der Waals surface area contributed by atoms with Crippen LogP contribution in [0, 0.1) is 0 Å². The van der Waals surface area contributed by atoms with Gasteiger partial charge in [0.05, 0.1) is 0 Å². The van der Waals surface area contributed by atoms with E-state index in [-0.39, 0.29) is 0 Å². The number of nitrogens with zero attached hydrogens (tertiary/aromatic N) is 3. The molecule has 0 bridgehead atoms. The summed E-state index contributed by atoms with van der Waals surface area (Å²) >= 11 is 3.56. The van der Waals surface area contributed by atoms with Crippen molar-refractivity contribution in [2.75, 3.05) is 17.7 Å². The zero-order valence-corrected chi connectivity index (χ0v) is 12.7. The van der Waals surface area contributed by atoms with Crippen LogP contribution in [0.25, 0.3) is 0 Å². The number of hydrogen-bond acceptors (Lipinski definition) is 4. The molecule has 0 radical (unpaired) electrons. The Hall–Kier alpha value is -1.62. The Bertz CT molecular complexity index is 571. The third kappa shape index (κ3) is 3.44. The van der Waals surface area contributed by atoms with E-state index in [1.165, 1.54) is 5.56 Å². The first-order valence-electron chi connectivity index (χ1n) is 6.18. The van der Waals surface area contributed by atoms with Crippen LogP contribution in [0.1, 0.15) is 18.3 Å². The minimum Gasteiger partial charge on any atom is -0.384 e. The standard InChI is InChI=1S/C14H17BrN4/c1-3-13-17-12(16)8-14(18-13)19(2)9-10-6-4-5-7-11(10)15/h4-8H,3,9H2,1-2H3,(H2,16,17,18). The lowest BCUT2D eigenvalue weighted by Gasteiger charge is -2.19. The van der Waals surface area contributed by atoms with Crippen LogP contribution in [-0.4, -0.2) is 17.0 Å². The van der Waals surface area contributed by atoms with Gasteiger partial charge in [0.1, 0.15) is 17.5 Å². The van der Waals surface area contributed by atoms with Gasteiger partial charge in [-0.25, -0.2) is 9.97 Å². The van der Waals surface area contributed by atoms with Crippen molar-refractivity contribution in [1.29, 1.82) is 0 Å². The number of nitrogen functional groups attached to an aromatic ring is 1. The van der Waals surface area contributed by atoms with Crippen LogP contribution in [0.4, 0.5) is 11.6 Å². The molecule has 2 N–H and O–H groups in total. The zero-order valence-electron chi connectivity index (χ0n) is 11.1. The summed E-state index contributed by atoms with van der Waals surface area (Å²) in [5, 5.41) is 0. The molecular formula is C14H17BrN4. The Kier molecular flexibility index (Phi) is 4.37. The number of hydrogen-bond donors (Lipinski definition) is 1. The van der Waals surface area contributed by atoms with Crippen LogP contribution < -0.4 is 10.6 Å². The number of aryl methyl sites for hydroxylation is 1. The van der Waals surface area contributed by atoms with Crippen molar-refractivity contribution in [2.45, 2.75) is 19.9 Å². The van der Waals surface area contributed by atoms with Gasteiger partial charge in [-0.15, -0.1) is 0 Å². The van der Waals surface area contributed by atoms with E-state index in [1.807, 2.05) is 32.2 Å². The van der Waals surface area contributed by atoms with E-state index in [2.05, 4.69) is 36.9 Å². The maximum absolute atomic E-state index is 5.81. The van der Waals surface area contributed by atoms with Gasteiger partial charge in [0.15, 0.2) is 0 Å². The van der Waals surface area contributed by atoms with E-state index >= 15 is 0 Å². The molecule has 0 atom stereocenters. The van der Waals surface area contributed by atoms with Crippen molar-refractivity contribution in [3.8, 4) is 0 Å². The molecule has 0 saturated heterocycles. The van der Waals surface area contributed by atoms with Gasteiger partial charge in [0.25, 0.3) is 0 Å². The predicted octanol–water partition coefficient (Wildman–Crippen LogP) is 3.02. The summed E-state index contributed by atoms with van der Waals surface area (Å²) in [5.41, 5.74) is 7.02.